The van der Waals surface area contributed by atoms with E-state index < -0.39 is 4.87 Å². The Hall–Kier alpha value is -1.29. The van der Waals surface area contributed by atoms with Gasteiger partial charge in [-0.25, -0.2) is 0 Å². The minimum Gasteiger partial charge on any atom is -0.269 e. The van der Waals surface area contributed by atoms with Crippen molar-refractivity contribution >= 4 is 24.4 Å². The van der Waals surface area contributed by atoms with Gasteiger partial charge >= 0.3 is 0 Å². The molecule has 0 bridgehead atoms. The van der Waals surface area contributed by atoms with E-state index in [1.807, 2.05) is 0 Å². The number of fused-ring (bicyclic) bond motifs is 1. The fourth-order valence-electron chi connectivity index (χ4n) is 1.69. The number of imide groups is 1. The Morgan fingerprint density at radius 2 is 1.47 bits per heavy atom. The molecule has 0 N–H and O–H groups in total. The van der Waals surface area contributed by atoms with Gasteiger partial charge in [0.15, 0.2) is 0 Å². The molecule has 15 heavy (non-hydrogen) atoms. The number of nitrogens with zero attached hydrogens (tertiary/aromatic N) is 1. The number of carbonyl (C=O) groups is 2. The molecule has 0 fully saturated rings. The first-order chi connectivity index (χ1) is 6.93. The Balaban J connectivity index is 2.55. The lowest BCUT2D eigenvalue weighted by molar-refractivity contribution is 0.0584. The fourth-order valence-corrected chi connectivity index (χ4v) is 1.87. The van der Waals surface area contributed by atoms with Crippen molar-refractivity contribution in [1.82, 2.24) is 4.90 Å². The highest BCUT2D eigenvalue weighted by Gasteiger charge is 2.41. The van der Waals surface area contributed by atoms with Crippen LogP contribution in [-0.4, -0.2) is 21.6 Å². The summed E-state index contributed by atoms with van der Waals surface area (Å²) in [5.74, 6) is -0.536. The Labute approximate surface area is 93.5 Å². The molecule has 0 spiro atoms. The minimum atomic E-state index is -0.771. The molecular formula is C11H11NO2S. The maximum atomic E-state index is 11.9. The number of thiol groups is 1. The van der Waals surface area contributed by atoms with Gasteiger partial charge in [-0.05, 0) is 26.0 Å². The van der Waals surface area contributed by atoms with Crippen molar-refractivity contribution in [3.8, 4) is 0 Å². The zero-order valence-electron chi connectivity index (χ0n) is 8.52. The summed E-state index contributed by atoms with van der Waals surface area (Å²) in [6.45, 7) is 3.44. The maximum Gasteiger partial charge on any atom is 0.262 e. The Kier molecular flexibility index (Phi) is 2.12. The van der Waals surface area contributed by atoms with Crippen molar-refractivity contribution in [2.75, 3.05) is 0 Å². The molecule has 2 rings (SSSR count). The SMILES string of the molecule is CC(C)(S)N1C(=O)c2ccccc2C1=O. The lowest BCUT2D eigenvalue weighted by Crippen LogP contribution is -2.43. The highest BCUT2D eigenvalue weighted by Crippen LogP contribution is 2.30. The molecule has 1 aliphatic heterocycles. The third kappa shape index (κ3) is 1.45. The molecule has 0 radical (unpaired) electrons. The van der Waals surface area contributed by atoms with Gasteiger partial charge in [0.25, 0.3) is 11.8 Å². The van der Waals surface area contributed by atoms with Gasteiger partial charge in [-0.3, -0.25) is 14.5 Å². The van der Waals surface area contributed by atoms with E-state index in [2.05, 4.69) is 12.6 Å². The van der Waals surface area contributed by atoms with Gasteiger partial charge in [-0.2, -0.15) is 12.6 Å². The predicted molar refractivity (Wildman–Crippen MR) is 60.0 cm³/mol. The third-order valence-corrected chi connectivity index (χ3v) is 2.54. The molecule has 1 aliphatic rings. The van der Waals surface area contributed by atoms with E-state index in [1.165, 1.54) is 4.90 Å². The average Bonchev–Trinajstić information content (AvgIpc) is 2.39. The first kappa shape index (κ1) is 10.2. The first-order valence-corrected chi connectivity index (χ1v) is 5.08. The van der Waals surface area contributed by atoms with Gasteiger partial charge in [0, 0.05) is 0 Å². The molecular weight excluding hydrogens is 210 g/mol. The standard InChI is InChI=1S/C11H11NO2S/c1-11(2,15)12-9(13)7-5-3-4-6-8(7)10(12)14/h3-6,15H,1-2H3. The molecule has 1 aromatic rings. The highest BCUT2D eigenvalue weighted by molar-refractivity contribution is 7.81. The van der Waals surface area contributed by atoms with Gasteiger partial charge in [-0.1, -0.05) is 12.1 Å². The van der Waals surface area contributed by atoms with Crippen LogP contribution in [0.5, 0.6) is 0 Å². The van der Waals surface area contributed by atoms with Crippen molar-refractivity contribution < 1.29 is 9.59 Å². The Morgan fingerprint density at radius 1 is 1.07 bits per heavy atom. The Bertz CT molecular complexity index is 413. The second-order valence-electron chi connectivity index (χ2n) is 3.99. The van der Waals surface area contributed by atoms with Crippen LogP contribution < -0.4 is 0 Å². The van der Waals surface area contributed by atoms with Crippen molar-refractivity contribution in [1.29, 1.82) is 0 Å². The molecule has 4 heteroatoms. The molecule has 2 amide bonds. The number of benzene rings is 1. The van der Waals surface area contributed by atoms with E-state index in [0.717, 1.165) is 0 Å². The zero-order valence-corrected chi connectivity index (χ0v) is 9.41. The summed E-state index contributed by atoms with van der Waals surface area (Å²) in [6.07, 6.45) is 0. The fraction of sp³-hybridized carbons (Fsp3) is 0.273. The van der Waals surface area contributed by atoms with Crippen LogP contribution in [0.1, 0.15) is 34.6 Å². The molecule has 3 nitrogen and oxygen atoms in total. The summed E-state index contributed by atoms with van der Waals surface area (Å²) in [4.78, 5) is 24.2. The van der Waals surface area contributed by atoms with Gasteiger partial charge in [-0.15, -0.1) is 0 Å². The number of rotatable bonds is 1. The smallest absolute Gasteiger partial charge is 0.262 e. The summed E-state index contributed by atoms with van der Waals surface area (Å²) < 4.78 is 0. The zero-order chi connectivity index (χ0) is 11.2. The van der Waals surface area contributed by atoms with E-state index in [4.69, 9.17) is 0 Å². The second kappa shape index (κ2) is 3.10. The summed E-state index contributed by atoms with van der Waals surface area (Å²) >= 11 is 4.26. The molecule has 0 unspecified atom stereocenters. The lowest BCUT2D eigenvalue weighted by atomic mass is 10.1. The van der Waals surface area contributed by atoms with E-state index in [-0.39, 0.29) is 11.8 Å². The molecule has 1 aromatic carbocycles. The molecule has 0 aliphatic carbocycles. The minimum absolute atomic E-state index is 0.268. The predicted octanol–water partition coefficient (Wildman–Crippen LogP) is 1.95. The number of hydrogen-bond acceptors (Lipinski definition) is 3. The lowest BCUT2D eigenvalue weighted by Gasteiger charge is -2.28. The van der Waals surface area contributed by atoms with E-state index in [1.54, 1.807) is 38.1 Å². The number of hydrogen-bond donors (Lipinski definition) is 1. The van der Waals surface area contributed by atoms with E-state index in [9.17, 15) is 9.59 Å². The average molecular weight is 221 g/mol. The molecule has 0 aromatic heterocycles. The summed E-state index contributed by atoms with van der Waals surface area (Å²) in [5.41, 5.74) is 0.925. The van der Waals surface area contributed by atoms with E-state index in [0.29, 0.717) is 11.1 Å². The van der Waals surface area contributed by atoms with Crippen molar-refractivity contribution in [2.24, 2.45) is 0 Å². The molecule has 0 saturated carbocycles. The van der Waals surface area contributed by atoms with Crippen LogP contribution in [0.4, 0.5) is 0 Å². The van der Waals surface area contributed by atoms with Crippen molar-refractivity contribution in [2.45, 2.75) is 18.7 Å². The number of amides is 2. The summed E-state index contributed by atoms with van der Waals surface area (Å²) in [6, 6.07) is 6.82. The van der Waals surface area contributed by atoms with Crippen LogP contribution in [0.15, 0.2) is 24.3 Å². The van der Waals surface area contributed by atoms with Crippen molar-refractivity contribution in [3.63, 3.8) is 0 Å². The van der Waals surface area contributed by atoms with Crippen LogP contribution in [0.3, 0.4) is 0 Å². The monoisotopic (exact) mass is 221 g/mol. The van der Waals surface area contributed by atoms with Crippen LogP contribution >= 0.6 is 12.6 Å². The third-order valence-electron chi connectivity index (χ3n) is 2.34. The van der Waals surface area contributed by atoms with E-state index >= 15 is 0 Å². The van der Waals surface area contributed by atoms with Crippen LogP contribution in [0.2, 0.25) is 0 Å². The van der Waals surface area contributed by atoms with Crippen LogP contribution in [0, 0.1) is 0 Å². The van der Waals surface area contributed by atoms with Crippen LogP contribution in [0.25, 0.3) is 0 Å². The molecule has 78 valence electrons. The maximum absolute atomic E-state index is 11.9. The number of carbonyl (C=O) groups excluding carboxylic acids is 2. The molecule has 0 atom stereocenters. The van der Waals surface area contributed by atoms with Crippen molar-refractivity contribution in [3.05, 3.63) is 35.4 Å². The first-order valence-electron chi connectivity index (χ1n) is 4.63. The van der Waals surface area contributed by atoms with Crippen LogP contribution in [-0.2, 0) is 0 Å². The Morgan fingerprint density at radius 3 is 1.80 bits per heavy atom. The van der Waals surface area contributed by atoms with Gasteiger partial charge < -0.3 is 0 Å². The highest BCUT2D eigenvalue weighted by atomic mass is 32.1. The largest absolute Gasteiger partial charge is 0.269 e. The van der Waals surface area contributed by atoms with Gasteiger partial charge in [0.05, 0.1) is 16.0 Å². The second-order valence-corrected chi connectivity index (χ2v) is 5.08. The molecule has 1 heterocycles. The van der Waals surface area contributed by atoms with Gasteiger partial charge in [0.2, 0.25) is 0 Å². The quantitative estimate of drug-likeness (QED) is 0.581. The topological polar surface area (TPSA) is 37.4 Å². The molecule has 0 saturated heterocycles. The summed E-state index contributed by atoms with van der Waals surface area (Å²) in [7, 11) is 0. The summed E-state index contributed by atoms with van der Waals surface area (Å²) in [5, 5.41) is 0. The normalized spacial score (nSPS) is 15.8. The van der Waals surface area contributed by atoms with Gasteiger partial charge in [0.1, 0.15) is 0 Å².